The number of aromatic nitrogens is 3. The summed E-state index contributed by atoms with van der Waals surface area (Å²) >= 11 is 0. The average molecular weight is 422 g/mol. The Labute approximate surface area is 182 Å². The van der Waals surface area contributed by atoms with Crippen molar-refractivity contribution < 1.29 is 4.79 Å². The molecule has 156 valence electrons. The second-order valence-corrected chi connectivity index (χ2v) is 7.12. The number of carbonyl (C=O) groups excluding carboxylic acids is 1. The molecule has 3 aromatic carbocycles. The van der Waals surface area contributed by atoms with Gasteiger partial charge in [0.15, 0.2) is 0 Å². The van der Waals surface area contributed by atoms with Crippen LogP contribution >= 0.6 is 0 Å². The first-order valence-electron chi connectivity index (χ1n) is 9.93. The maximum Gasteiger partial charge on any atom is 0.271 e. The number of fused-ring (bicyclic) bond motifs is 2. The largest absolute Gasteiger partial charge is 0.361 e. The minimum Gasteiger partial charge on any atom is -0.361 e. The van der Waals surface area contributed by atoms with Crippen LogP contribution in [0.2, 0.25) is 0 Å². The van der Waals surface area contributed by atoms with E-state index in [1.807, 2.05) is 36.5 Å². The Hall–Kier alpha value is -4.72. The van der Waals surface area contributed by atoms with E-state index < -0.39 is 0 Å². The molecule has 0 fully saturated rings. The molecule has 2 heterocycles. The van der Waals surface area contributed by atoms with Crippen molar-refractivity contribution in [1.82, 2.24) is 20.4 Å². The van der Waals surface area contributed by atoms with Gasteiger partial charge in [-0.1, -0.05) is 30.3 Å². The first-order chi connectivity index (χ1) is 15.7. The molecule has 0 bridgehead atoms. The van der Waals surface area contributed by atoms with Gasteiger partial charge in [0.05, 0.1) is 17.1 Å². The number of amides is 1. The summed E-state index contributed by atoms with van der Waals surface area (Å²) in [6.45, 7) is 0. The molecule has 1 amide bonds. The highest BCUT2D eigenvalue weighted by atomic mass is 16.2. The first-order valence-corrected chi connectivity index (χ1v) is 9.93. The molecule has 0 aliphatic rings. The Morgan fingerprint density at radius 3 is 2.53 bits per heavy atom. The van der Waals surface area contributed by atoms with Crippen LogP contribution in [0.25, 0.3) is 21.8 Å². The predicted molar refractivity (Wildman–Crippen MR) is 125 cm³/mol. The maximum absolute atomic E-state index is 12.4. The average Bonchev–Trinajstić information content (AvgIpc) is 3.23. The van der Waals surface area contributed by atoms with Crippen molar-refractivity contribution >= 4 is 45.6 Å². The van der Waals surface area contributed by atoms with E-state index >= 15 is 0 Å². The monoisotopic (exact) mass is 422 g/mol. The zero-order valence-electron chi connectivity index (χ0n) is 16.8. The number of para-hydroxylation sites is 2. The number of hydrazone groups is 1. The lowest BCUT2D eigenvalue weighted by Gasteiger charge is -2.07. The van der Waals surface area contributed by atoms with Gasteiger partial charge in [0.2, 0.25) is 5.95 Å². The van der Waals surface area contributed by atoms with Crippen molar-refractivity contribution in [2.45, 2.75) is 0 Å². The van der Waals surface area contributed by atoms with Gasteiger partial charge in [0.1, 0.15) is 0 Å². The number of hydrogen-bond donors (Lipinski definition) is 4. The van der Waals surface area contributed by atoms with E-state index in [1.165, 1.54) is 0 Å². The zero-order valence-corrected chi connectivity index (χ0v) is 16.8. The number of hydrogen-bond acceptors (Lipinski definition) is 5. The molecular formula is C24H18N6O2. The summed E-state index contributed by atoms with van der Waals surface area (Å²) in [5, 5.41) is 8.66. The third-order valence-corrected chi connectivity index (χ3v) is 5.01. The fourth-order valence-corrected chi connectivity index (χ4v) is 3.41. The van der Waals surface area contributed by atoms with E-state index in [9.17, 15) is 9.59 Å². The van der Waals surface area contributed by atoms with Crippen LogP contribution in [0, 0.1) is 0 Å². The Morgan fingerprint density at radius 1 is 0.938 bits per heavy atom. The predicted octanol–water partition coefficient (Wildman–Crippen LogP) is 3.91. The standard InChI is InChI=1S/C24H18N6O2/c31-22(30-26-14-16-13-25-20-7-3-1-5-18(16)20)15-9-11-17(12-10-15)27-24-28-21-8-4-2-6-19(21)23(32)29-24/h1-14,25H,(H,30,31)(H2,27,28,29,32)/b26-14-. The number of rotatable bonds is 5. The third-order valence-electron chi connectivity index (χ3n) is 5.01. The van der Waals surface area contributed by atoms with Gasteiger partial charge in [-0.2, -0.15) is 5.10 Å². The molecule has 32 heavy (non-hydrogen) atoms. The highest BCUT2D eigenvalue weighted by Crippen LogP contribution is 2.17. The van der Waals surface area contributed by atoms with E-state index in [2.05, 4.69) is 30.8 Å². The lowest BCUT2D eigenvalue weighted by molar-refractivity contribution is 0.0955. The minimum absolute atomic E-state index is 0.220. The lowest BCUT2D eigenvalue weighted by Crippen LogP contribution is -2.17. The molecule has 2 aromatic heterocycles. The Bertz CT molecular complexity index is 1520. The van der Waals surface area contributed by atoms with Crippen molar-refractivity contribution in [3.8, 4) is 0 Å². The van der Waals surface area contributed by atoms with Crippen molar-refractivity contribution in [2.75, 3.05) is 5.32 Å². The molecule has 0 spiro atoms. The second-order valence-electron chi connectivity index (χ2n) is 7.12. The van der Waals surface area contributed by atoms with Crippen LogP contribution in [0.4, 0.5) is 11.6 Å². The summed E-state index contributed by atoms with van der Waals surface area (Å²) < 4.78 is 0. The van der Waals surface area contributed by atoms with Crippen molar-refractivity contribution in [3.05, 3.63) is 100 Å². The number of nitrogens with one attached hydrogen (secondary N) is 4. The fourth-order valence-electron chi connectivity index (χ4n) is 3.41. The lowest BCUT2D eigenvalue weighted by atomic mass is 10.2. The summed E-state index contributed by atoms with van der Waals surface area (Å²) in [4.78, 5) is 34.8. The van der Waals surface area contributed by atoms with Crippen LogP contribution < -0.4 is 16.3 Å². The first kappa shape index (κ1) is 19.3. The highest BCUT2D eigenvalue weighted by Gasteiger charge is 2.07. The molecule has 5 rings (SSSR count). The third kappa shape index (κ3) is 3.84. The number of H-pyrrole nitrogens is 2. The molecular weight excluding hydrogens is 404 g/mol. The van der Waals surface area contributed by atoms with E-state index in [0.717, 1.165) is 16.5 Å². The number of aromatic amines is 2. The normalized spacial score (nSPS) is 11.2. The fraction of sp³-hybridized carbons (Fsp3) is 0. The Balaban J connectivity index is 1.26. The van der Waals surface area contributed by atoms with Crippen LogP contribution in [0.15, 0.2) is 88.9 Å². The van der Waals surface area contributed by atoms with Crippen LogP contribution in [0.1, 0.15) is 15.9 Å². The van der Waals surface area contributed by atoms with Gasteiger partial charge in [-0.25, -0.2) is 10.4 Å². The van der Waals surface area contributed by atoms with Crippen molar-refractivity contribution in [2.24, 2.45) is 5.10 Å². The van der Waals surface area contributed by atoms with Crippen LogP contribution in [-0.4, -0.2) is 27.1 Å². The summed E-state index contributed by atoms with van der Waals surface area (Å²) in [6, 6.07) is 21.8. The molecule has 0 saturated carbocycles. The quantitative estimate of drug-likeness (QED) is 0.254. The molecule has 0 radical (unpaired) electrons. The van der Waals surface area contributed by atoms with Crippen molar-refractivity contribution in [1.29, 1.82) is 0 Å². The Kier molecular flexibility index (Phi) is 4.93. The van der Waals surface area contributed by atoms with Gasteiger partial charge < -0.3 is 10.3 Å². The highest BCUT2D eigenvalue weighted by molar-refractivity contribution is 6.00. The maximum atomic E-state index is 12.4. The molecule has 8 heteroatoms. The van der Waals surface area contributed by atoms with Gasteiger partial charge in [-0.05, 0) is 42.5 Å². The van der Waals surface area contributed by atoms with Crippen LogP contribution in [0.3, 0.4) is 0 Å². The summed E-state index contributed by atoms with van der Waals surface area (Å²) in [7, 11) is 0. The van der Waals surface area contributed by atoms with E-state index in [0.29, 0.717) is 28.1 Å². The smallest absolute Gasteiger partial charge is 0.271 e. The number of carbonyl (C=O) groups is 1. The zero-order chi connectivity index (χ0) is 21.9. The Morgan fingerprint density at radius 2 is 1.69 bits per heavy atom. The van der Waals surface area contributed by atoms with Gasteiger partial charge >= 0.3 is 0 Å². The van der Waals surface area contributed by atoms with E-state index in [4.69, 9.17) is 0 Å². The molecule has 0 aliphatic heterocycles. The molecule has 0 saturated heterocycles. The van der Waals surface area contributed by atoms with Gasteiger partial charge in [-0.15, -0.1) is 0 Å². The molecule has 0 aliphatic carbocycles. The topological polar surface area (TPSA) is 115 Å². The minimum atomic E-state index is -0.329. The van der Waals surface area contributed by atoms with Gasteiger partial charge in [-0.3, -0.25) is 14.6 Å². The SMILES string of the molecule is O=C(N/N=C\c1c[nH]c2ccccc12)c1ccc(Nc2nc3ccccc3c(=O)[nH]2)cc1. The van der Waals surface area contributed by atoms with Crippen LogP contribution in [0.5, 0.6) is 0 Å². The van der Waals surface area contributed by atoms with E-state index in [1.54, 1.807) is 48.7 Å². The summed E-state index contributed by atoms with van der Waals surface area (Å²) in [6.07, 6.45) is 3.44. The van der Waals surface area contributed by atoms with Gasteiger partial charge in [0.25, 0.3) is 11.5 Å². The molecule has 0 unspecified atom stereocenters. The molecule has 0 atom stereocenters. The molecule has 4 N–H and O–H groups in total. The van der Waals surface area contributed by atoms with Crippen molar-refractivity contribution in [3.63, 3.8) is 0 Å². The second kappa shape index (κ2) is 8.19. The molecule has 8 nitrogen and oxygen atoms in total. The number of nitrogens with zero attached hydrogens (tertiary/aromatic N) is 2. The van der Waals surface area contributed by atoms with Crippen LogP contribution in [-0.2, 0) is 0 Å². The number of anilines is 2. The summed E-state index contributed by atoms with van der Waals surface area (Å²) in [5.74, 6) is -0.000825. The summed E-state index contributed by atoms with van der Waals surface area (Å²) in [5.41, 5.74) is 5.94. The molecule has 5 aromatic rings. The van der Waals surface area contributed by atoms with E-state index in [-0.39, 0.29) is 11.5 Å². The van der Waals surface area contributed by atoms with Gasteiger partial charge in [0, 0.05) is 33.9 Å². The number of benzene rings is 3.